The van der Waals surface area contributed by atoms with Crippen molar-refractivity contribution in [3.8, 4) is 0 Å². The number of carboxylic acid groups (broad SMARTS) is 1. The van der Waals surface area contributed by atoms with Crippen molar-refractivity contribution in [1.29, 1.82) is 0 Å². The third-order valence-corrected chi connectivity index (χ3v) is 1.58. The van der Waals surface area contributed by atoms with Gasteiger partial charge in [-0.3, -0.25) is 0 Å². The van der Waals surface area contributed by atoms with E-state index in [-0.39, 0.29) is 5.76 Å². The van der Waals surface area contributed by atoms with Crippen LogP contribution in [0.2, 0.25) is 0 Å². The molecule has 1 N–H and O–H groups in total. The average molecular weight is 178 g/mol. The summed E-state index contributed by atoms with van der Waals surface area (Å²) in [6.07, 6.45) is 4.96. The van der Waals surface area contributed by atoms with Gasteiger partial charge in [0, 0.05) is 5.22 Å². The molecular formula is C10H10O3. The maximum absolute atomic E-state index is 10.5. The molecule has 13 heavy (non-hydrogen) atoms. The molecule has 1 aromatic rings. The van der Waals surface area contributed by atoms with Gasteiger partial charge in [-0.15, -0.1) is 0 Å². The highest BCUT2D eigenvalue weighted by atomic mass is 16.4. The molecule has 1 heterocycles. The normalized spacial score (nSPS) is 13.3. The van der Waals surface area contributed by atoms with E-state index in [2.05, 4.69) is 6.58 Å². The quantitative estimate of drug-likeness (QED) is 0.726. The van der Waals surface area contributed by atoms with Gasteiger partial charge in [-0.25, -0.2) is 4.79 Å². The molecule has 0 radical (unpaired) electrons. The van der Waals surface area contributed by atoms with E-state index < -0.39 is 5.97 Å². The first kappa shape index (κ1) is 9.32. The maximum atomic E-state index is 10.5. The van der Waals surface area contributed by atoms with Gasteiger partial charge >= 0.3 is 5.97 Å². The number of carbonyl (C=O) groups is 1. The summed E-state index contributed by atoms with van der Waals surface area (Å²) in [6.45, 7) is 5.32. The van der Waals surface area contributed by atoms with Gasteiger partial charge in [0.15, 0.2) is 0 Å². The minimum absolute atomic E-state index is 0.0544. The van der Waals surface area contributed by atoms with Crippen molar-refractivity contribution in [3.05, 3.63) is 35.1 Å². The Morgan fingerprint density at radius 1 is 1.69 bits per heavy atom. The van der Waals surface area contributed by atoms with Crippen LogP contribution in [0.25, 0.3) is 12.2 Å². The molecule has 3 nitrogen and oxygen atoms in total. The van der Waals surface area contributed by atoms with E-state index in [0.29, 0.717) is 5.42 Å². The zero-order valence-electron chi connectivity index (χ0n) is 7.28. The molecule has 0 saturated heterocycles. The highest BCUT2D eigenvalue weighted by Crippen LogP contribution is 1.90. The van der Waals surface area contributed by atoms with Crippen LogP contribution in [0.4, 0.5) is 0 Å². The largest absolute Gasteiger partial charge is 0.475 e. The van der Waals surface area contributed by atoms with Crippen LogP contribution in [0.5, 0.6) is 0 Å². The van der Waals surface area contributed by atoms with Crippen LogP contribution in [0.3, 0.4) is 0 Å². The first-order valence-corrected chi connectivity index (χ1v) is 3.81. The van der Waals surface area contributed by atoms with E-state index in [9.17, 15) is 4.79 Å². The van der Waals surface area contributed by atoms with Gasteiger partial charge in [-0.1, -0.05) is 18.7 Å². The second-order valence-electron chi connectivity index (χ2n) is 2.43. The third kappa shape index (κ3) is 1.87. The van der Waals surface area contributed by atoms with Crippen LogP contribution in [-0.2, 0) is 0 Å². The molecule has 3 heteroatoms. The topological polar surface area (TPSA) is 50.4 Å². The molecule has 0 aliphatic rings. The van der Waals surface area contributed by atoms with Gasteiger partial charge in [-0.2, -0.15) is 0 Å². The monoisotopic (exact) mass is 178 g/mol. The van der Waals surface area contributed by atoms with E-state index in [1.807, 2.05) is 6.92 Å². The van der Waals surface area contributed by atoms with Gasteiger partial charge in [0.25, 0.3) is 0 Å². The summed E-state index contributed by atoms with van der Waals surface area (Å²) in [5, 5.41) is 9.40. The summed E-state index contributed by atoms with van der Waals surface area (Å²) in [4.78, 5) is 10.5. The Balaban J connectivity index is 3.46. The van der Waals surface area contributed by atoms with Gasteiger partial charge < -0.3 is 9.52 Å². The summed E-state index contributed by atoms with van der Waals surface area (Å²) in [5.41, 5.74) is 0.523. The fraction of sp³-hybridized carbons (Fsp3) is 0.100. The van der Waals surface area contributed by atoms with Crippen molar-refractivity contribution in [1.82, 2.24) is 0 Å². The molecule has 1 rings (SSSR count). The summed E-state index contributed by atoms with van der Waals surface area (Å²) in [7, 11) is 0. The molecule has 0 amide bonds. The lowest BCUT2D eigenvalue weighted by atomic mass is 10.3. The predicted molar refractivity (Wildman–Crippen MR) is 49.7 cm³/mol. The minimum Gasteiger partial charge on any atom is -0.475 e. The first-order valence-electron chi connectivity index (χ1n) is 3.81. The molecule has 0 atom stereocenters. The lowest BCUT2D eigenvalue weighted by molar-refractivity contribution is 0.0660. The summed E-state index contributed by atoms with van der Waals surface area (Å²) in [6, 6.07) is 1.48. The molecule has 0 aliphatic heterocycles. The van der Waals surface area contributed by atoms with Gasteiger partial charge in [0.1, 0.15) is 5.42 Å². The minimum atomic E-state index is -1.06. The standard InChI is InChI=1S/C10H10O3/c1-3-5-8-7(4-2)6-9(13-8)10(11)12/h3-6H,1H2,2H3,(H,11,12)/b7-4-,8-5+. The maximum Gasteiger partial charge on any atom is 0.371 e. The number of rotatable bonds is 2. The SMILES string of the molecule is C=C/C=c1/oc(C(=O)O)c/c1=C/C. The van der Waals surface area contributed by atoms with E-state index in [4.69, 9.17) is 9.52 Å². The van der Waals surface area contributed by atoms with Crippen molar-refractivity contribution in [2.24, 2.45) is 0 Å². The predicted octanol–water partition coefficient (Wildman–Crippen LogP) is 0.745. The van der Waals surface area contributed by atoms with Crippen molar-refractivity contribution >= 4 is 18.1 Å². The summed E-state index contributed by atoms with van der Waals surface area (Å²) >= 11 is 0. The molecule has 0 aromatic carbocycles. The molecule has 0 unspecified atom stereocenters. The lowest BCUT2D eigenvalue weighted by Crippen LogP contribution is -2.17. The summed E-state index contributed by atoms with van der Waals surface area (Å²) < 4.78 is 5.05. The molecule has 0 spiro atoms. The van der Waals surface area contributed by atoms with Crippen LogP contribution in [0.15, 0.2) is 23.1 Å². The molecule has 68 valence electrons. The van der Waals surface area contributed by atoms with Crippen molar-refractivity contribution in [3.63, 3.8) is 0 Å². The Labute approximate surface area is 75.3 Å². The average Bonchev–Trinajstić information content (AvgIpc) is 2.48. The summed E-state index contributed by atoms with van der Waals surface area (Å²) in [5.74, 6) is -1.12. The second kappa shape index (κ2) is 3.76. The Morgan fingerprint density at radius 3 is 2.85 bits per heavy atom. The Kier molecular flexibility index (Phi) is 2.69. The van der Waals surface area contributed by atoms with Crippen LogP contribution >= 0.6 is 0 Å². The second-order valence-corrected chi connectivity index (χ2v) is 2.43. The van der Waals surface area contributed by atoms with Gasteiger partial charge in [-0.05, 0) is 19.1 Å². The van der Waals surface area contributed by atoms with E-state index in [0.717, 1.165) is 5.22 Å². The highest BCUT2D eigenvalue weighted by Gasteiger charge is 2.06. The van der Waals surface area contributed by atoms with E-state index in [1.165, 1.54) is 6.07 Å². The van der Waals surface area contributed by atoms with Crippen molar-refractivity contribution < 1.29 is 14.3 Å². The lowest BCUT2D eigenvalue weighted by Gasteiger charge is -1.80. The molecule has 0 saturated carbocycles. The number of aromatic carboxylic acids is 1. The zero-order valence-corrected chi connectivity index (χ0v) is 7.28. The Morgan fingerprint density at radius 2 is 2.38 bits per heavy atom. The Bertz CT molecular complexity index is 437. The molecule has 1 aromatic heterocycles. The van der Waals surface area contributed by atoms with Crippen molar-refractivity contribution in [2.75, 3.05) is 0 Å². The third-order valence-electron chi connectivity index (χ3n) is 1.58. The Hall–Kier alpha value is -1.77. The van der Waals surface area contributed by atoms with Crippen LogP contribution in [-0.4, -0.2) is 11.1 Å². The fourth-order valence-corrected chi connectivity index (χ4v) is 0.987. The van der Waals surface area contributed by atoms with Crippen molar-refractivity contribution in [2.45, 2.75) is 6.92 Å². The first-order chi connectivity index (χ1) is 6.19. The van der Waals surface area contributed by atoms with Crippen LogP contribution in [0, 0.1) is 0 Å². The zero-order chi connectivity index (χ0) is 9.84. The highest BCUT2D eigenvalue weighted by molar-refractivity contribution is 5.84. The van der Waals surface area contributed by atoms with E-state index in [1.54, 1.807) is 18.2 Å². The van der Waals surface area contributed by atoms with Gasteiger partial charge in [0.2, 0.25) is 5.76 Å². The van der Waals surface area contributed by atoms with Gasteiger partial charge in [0.05, 0.1) is 0 Å². The molecule has 0 aliphatic carbocycles. The fourth-order valence-electron chi connectivity index (χ4n) is 0.987. The molecular weight excluding hydrogens is 168 g/mol. The number of hydrogen-bond acceptors (Lipinski definition) is 2. The number of furan rings is 1. The molecule has 0 fully saturated rings. The molecule has 0 bridgehead atoms. The van der Waals surface area contributed by atoms with Crippen LogP contribution in [0.1, 0.15) is 17.5 Å². The van der Waals surface area contributed by atoms with E-state index >= 15 is 0 Å². The smallest absolute Gasteiger partial charge is 0.371 e. The number of hydrogen-bond donors (Lipinski definition) is 1. The number of allylic oxidation sites excluding steroid dienone is 1. The van der Waals surface area contributed by atoms with Crippen LogP contribution < -0.4 is 10.6 Å². The number of carboxylic acids is 1.